The van der Waals surface area contributed by atoms with E-state index in [1.807, 2.05) is 30.4 Å². The van der Waals surface area contributed by atoms with Crippen LogP contribution in [0, 0.1) is 18.3 Å². The van der Waals surface area contributed by atoms with Gasteiger partial charge in [0.1, 0.15) is 0 Å². The number of thiazole rings is 1. The average molecular weight is 258 g/mol. The lowest BCUT2D eigenvalue weighted by atomic mass is 10.1. The second-order valence-electron chi connectivity index (χ2n) is 4.10. The molecule has 0 radical (unpaired) electrons. The van der Waals surface area contributed by atoms with Crippen molar-refractivity contribution >= 4 is 22.7 Å². The number of anilines is 2. The molecule has 2 aromatic rings. The highest BCUT2D eigenvalue weighted by molar-refractivity contribution is 7.09. The predicted molar refractivity (Wildman–Crippen MR) is 74.5 cm³/mol. The Morgan fingerprint density at radius 3 is 2.89 bits per heavy atom. The zero-order chi connectivity index (χ0) is 13.1. The van der Waals surface area contributed by atoms with E-state index >= 15 is 0 Å². The maximum Gasteiger partial charge on any atom is 0.0992 e. The Morgan fingerprint density at radius 1 is 1.50 bits per heavy atom. The normalized spacial score (nSPS) is 10.1. The van der Waals surface area contributed by atoms with E-state index < -0.39 is 0 Å². The SMILES string of the molecule is Cc1ncsc1CN(C)c1cc(C#N)ccc1N. The first kappa shape index (κ1) is 12.4. The highest BCUT2D eigenvalue weighted by Gasteiger charge is 2.10. The molecule has 1 aromatic carbocycles. The number of hydrogen-bond acceptors (Lipinski definition) is 5. The van der Waals surface area contributed by atoms with Crippen molar-refractivity contribution in [1.29, 1.82) is 5.26 Å². The number of nitriles is 1. The third kappa shape index (κ3) is 2.44. The molecule has 0 atom stereocenters. The third-order valence-corrected chi connectivity index (χ3v) is 3.72. The van der Waals surface area contributed by atoms with Crippen LogP contribution < -0.4 is 10.6 Å². The summed E-state index contributed by atoms with van der Waals surface area (Å²) in [5.41, 5.74) is 11.0. The van der Waals surface area contributed by atoms with E-state index in [2.05, 4.69) is 11.1 Å². The van der Waals surface area contributed by atoms with Gasteiger partial charge in [0.2, 0.25) is 0 Å². The van der Waals surface area contributed by atoms with Gasteiger partial charge in [0.15, 0.2) is 0 Å². The molecule has 2 N–H and O–H groups in total. The second-order valence-corrected chi connectivity index (χ2v) is 5.04. The van der Waals surface area contributed by atoms with Crippen LogP contribution in [-0.2, 0) is 6.54 Å². The van der Waals surface area contributed by atoms with Crippen molar-refractivity contribution in [3.63, 3.8) is 0 Å². The molecule has 0 saturated heterocycles. The predicted octanol–water partition coefficient (Wildman–Crippen LogP) is 2.54. The molecule has 1 aromatic heterocycles. The van der Waals surface area contributed by atoms with E-state index in [4.69, 9.17) is 11.0 Å². The molecule has 0 saturated carbocycles. The zero-order valence-electron chi connectivity index (χ0n) is 10.3. The van der Waals surface area contributed by atoms with E-state index in [1.54, 1.807) is 23.5 Å². The molecule has 0 amide bonds. The van der Waals surface area contributed by atoms with Gasteiger partial charge in [-0.3, -0.25) is 0 Å². The zero-order valence-corrected chi connectivity index (χ0v) is 11.2. The first-order valence-corrected chi connectivity index (χ1v) is 6.39. The molecular formula is C13H14N4S. The topological polar surface area (TPSA) is 65.9 Å². The molecule has 0 aliphatic carbocycles. The van der Waals surface area contributed by atoms with Crippen LogP contribution in [0.15, 0.2) is 23.7 Å². The summed E-state index contributed by atoms with van der Waals surface area (Å²) in [6, 6.07) is 7.43. The van der Waals surface area contributed by atoms with Gasteiger partial charge in [0, 0.05) is 11.9 Å². The van der Waals surface area contributed by atoms with E-state index in [-0.39, 0.29) is 0 Å². The number of aromatic nitrogens is 1. The van der Waals surface area contributed by atoms with Gasteiger partial charge in [-0.15, -0.1) is 11.3 Å². The van der Waals surface area contributed by atoms with Crippen LogP contribution in [0.4, 0.5) is 11.4 Å². The minimum absolute atomic E-state index is 0.618. The van der Waals surface area contributed by atoms with Crippen molar-refractivity contribution < 1.29 is 0 Å². The average Bonchev–Trinajstić information content (AvgIpc) is 2.75. The fourth-order valence-electron chi connectivity index (χ4n) is 1.72. The molecule has 92 valence electrons. The van der Waals surface area contributed by atoms with Crippen LogP contribution in [0.3, 0.4) is 0 Å². The number of benzene rings is 1. The summed E-state index contributed by atoms with van der Waals surface area (Å²) in [6.45, 7) is 2.74. The minimum Gasteiger partial charge on any atom is -0.397 e. The van der Waals surface area contributed by atoms with E-state index in [9.17, 15) is 0 Å². The van der Waals surface area contributed by atoms with Gasteiger partial charge in [0.05, 0.1) is 40.8 Å². The molecule has 0 bridgehead atoms. The Hall–Kier alpha value is -2.06. The summed E-state index contributed by atoms with van der Waals surface area (Å²) in [4.78, 5) is 7.47. The van der Waals surface area contributed by atoms with Gasteiger partial charge in [0.25, 0.3) is 0 Å². The van der Waals surface area contributed by atoms with Gasteiger partial charge < -0.3 is 10.6 Å². The molecule has 0 spiro atoms. The number of hydrogen-bond donors (Lipinski definition) is 1. The van der Waals surface area contributed by atoms with Gasteiger partial charge in [-0.2, -0.15) is 5.26 Å². The summed E-state index contributed by atoms with van der Waals surface area (Å²) >= 11 is 1.63. The molecule has 1 heterocycles. The van der Waals surface area contributed by atoms with Gasteiger partial charge in [-0.25, -0.2) is 4.98 Å². The highest BCUT2D eigenvalue weighted by atomic mass is 32.1. The van der Waals surface area contributed by atoms with Crippen molar-refractivity contribution in [3.8, 4) is 6.07 Å². The van der Waals surface area contributed by atoms with Crippen LogP contribution >= 0.6 is 11.3 Å². The van der Waals surface area contributed by atoms with Crippen molar-refractivity contribution in [2.24, 2.45) is 0 Å². The molecule has 4 nitrogen and oxygen atoms in total. The van der Waals surface area contributed by atoms with Crippen LogP contribution in [0.1, 0.15) is 16.1 Å². The molecule has 0 aliphatic heterocycles. The number of aryl methyl sites for hydroxylation is 1. The van der Waals surface area contributed by atoms with Crippen molar-refractivity contribution in [1.82, 2.24) is 4.98 Å². The molecule has 18 heavy (non-hydrogen) atoms. The maximum absolute atomic E-state index is 8.92. The van der Waals surface area contributed by atoms with Crippen LogP contribution in [0.2, 0.25) is 0 Å². The van der Waals surface area contributed by atoms with E-state index in [1.165, 1.54) is 4.88 Å². The first-order valence-electron chi connectivity index (χ1n) is 5.51. The van der Waals surface area contributed by atoms with Crippen LogP contribution in [0.25, 0.3) is 0 Å². The number of nitrogens with zero attached hydrogens (tertiary/aromatic N) is 3. The highest BCUT2D eigenvalue weighted by Crippen LogP contribution is 2.26. The third-order valence-electron chi connectivity index (χ3n) is 2.80. The summed E-state index contributed by atoms with van der Waals surface area (Å²) in [7, 11) is 1.96. The first-order chi connectivity index (χ1) is 8.61. The van der Waals surface area contributed by atoms with Crippen molar-refractivity contribution in [3.05, 3.63) is 39.8 Å². The minimum atomic E-state index is 0.618. The largest absolute Gasteiger partial charge is 0.397 e. The smallest absolute Gasteiger partial charge is 0.0992 e. The molecule has 2 rings (SSSR count). The molecule has 0 unspecified atom stereocenters. The lowest BCUT2D eigenvalue weighted by molar-refractivity contribution is 0.927. The summed E-state index contributed by atoms with van der Waals surface area (Å²) < 4.78 is 0. The summed E-state index contributed by atoms with van der Waals surface area (Å²) in [5, 5.41) is 8.92. The fraction of sp³-hybridized carbons (Fsp3) is 0.231. The van der Waals surface area contributed by atoms with Gasteiger partial charge in [-0.1, -0.05) is 0 Å². The standard InChI is InChI=1S/C13H14N4S/c1-9-13(18-8-16-9)7-17(2)12-5-10(6-14)3-4-11(12)15/h3-5,8H,7,15H2,1-2H3. The Kier molecular flexibility index (Phi) is 3.49. The fourth-order valence-corrected chi connectivity index (χ4v) is 2.55. The Balaban J connectivity index is 2.26. The van der Waals surface area contributed by atoms with Gasteiger partial charge in [-0.05, 0) is 25.1 Å². The summed E-state index contributed by atoms with van der Waals surface area (Å²) in [5.74, 6) is 0. The van der Waals surface area contributed by atoms with Crippen LogP contribution in [-0.4, -0.2) is 12.0 Å². The van der Waals surface area contributed by atoms with Crippen LogP contribution in [0.5, 0.6) is 0 Å². The molecular weight excluding hydrogens is 244 g/mol. The lowest BCUT2D eigenvalue weighted by Crippen LogP contribution is -2.17. The number of nitrogens with two attached hydrogens (primary N) is 1. The van der Waals surface area contributed by atoms with Crippen molar-refractivity contribution in [2.45, 2.75) is 13.5 Å². The number of nitrogen functional groups attached to an aromatic ring is 1. The number of rotatable bonds is 3. The summed E-state index contributed by atoms with van der Waals surface area (Å²) in [6.07, 6.45) is 0. The molecule has 0 aliphatic rings. The van der Waals surface area contributed by atoms with E-state index in [0.29, 0.717) is 11.3 Å². The molecule has 5 heteroatoms. The second kappa shape index (κ2) is 5.07. The Labute approximate surface area is 110 Å². The van der Waals surface area contributed by atoms with Gasteiger partial charge >= 0.3 is 0 Å². The lowest BCUT2D eigenvalue weighted by Gasteiger charge is -2.20. The quantitative estimate of drug-likeness (QED) is 0.859. The maximum atomic E-state index is 8.92. The molecule has 0 fully saturated rings. The van der Waals surface area contributed by atoms with Crippen molar-refractivity contribution in [2.75, 3.05) is 17.7 Å². The Morgan fingerprint density at radius 2 is 2.28 bits per heavy atom. The Bertz CT molecular complexity index is 597. The monoisotopic (exact) mass is 258 g/mol. The van der Waals surface area contributed by atoms with E-state index in [0.717, 1.165) is 17.9 Å².